The smallest absolute Gasteiger partial charge is 0.123 e. The molecule has 2 rings (SSSR count). The zero-order valence-electron chi connectivity index (χ0n) is 11.1. The van der Waals surface area contributed by atoms with Gasteiger partial charge in [-0.15, -0.1) is 11.8 Å². The van der Waals surface area contributed by atoms with E-state index in [0.29, 0.717) is 0 Å². The lowest BCUT2D eigenvalue weighted by Gasteiger charge is -2.11. The summed E-state index contributed by atoms with van der Waals surface area (Å²) in [5.74, 6) is 1.92. The minimum atomic E-state index is 0.943. The number of hydrogen-bond acceptors (Lipinski definition) is 2. The van der Waals surface area contributed by atoms with Gasteiger partial charge in [0.1, 0.15) is 5.75 Å². The van der Waals surface area contributed by atoms with Crippen LogP contribution in [0.15, 0.2) is 47.4 Å². The summed E-state index contributed by atoms with van der Waals surface area (Å²) >= 11 is 1.85. The highest BCUT2D eigenvalue weighted by Gasteiger charge is 2.06. The molecule has 0 saturated carbocycles. The summed E-state index contributed by atoms with van der Waals surface area (Å²) in [7, 11) is 1.73. The van der Waals surface area contributed by atoms with Crippen LogP contribution in [0.4, 0.5) is 0 Å². The Morgan fingerprint density at radius 2 is 1.72 bits per heavy atom. The first-order valence-corrected chi connectivity index (χ1v) is 7.01. The molecule has 0 aliphatic rings. The molecular weight excluding hydrogens is 240 g/mol. The molecule has 0 fully saturated rings. The van der Waals surface area contributed by atoms with E-state index in [1.165, 1.54) is 21.6 Å². The Hall–Kier alpha value is -1.41. The van der Waals surface area contributed by atoms with Crippen molar-refractivity contribution >= 4 is 11.8 Å². The van der Waals surface area contributed by atoms with Crippen molar-refractivity contribution in [2.75, 3.05) is 7.11 Å². The number of ether oxygens (including phenoxy) is 1. The fourth-order valence-electron chi connectivity index (χ4n) is 1.84. The lowest BCUT2D eigenvalue weighted by Crippen LogP contribution is -1.93. The third-order valence-corrected chi connectivity index (χ3v) is 4.03. The Bertz CT molecular complexity index is 517. The molecule has 2 aromatic rings. The molecule has 0 heterocycles. The van der Waals surface area contributed by atoms with Gasteiger partial charge in [0, 0.05) is 16.2 Å². The van der Waals surface area contributed by atoms with E-state index in [9.17, 15) is 0 Å². The summed E-state index contributed by atoms with van der Waals surface area (Å²) in [6.07, 6.45) is 0. The van der Waals surface area contributed by atoms with Gasteiger partial charge in [-0.3, -0.25) is 0 Å². The average molecular weight is 258 g/mol. The van der Waals surface area contributed by atoms with Gasteiger partial charge in [0.2, 0.25) is 0 Å². The molecule has 0 bridgehead atoms. The maximum absolute atomic E-state index is 5.42. The standard InChI is InChI=1S/C16H18OS/c1-12-7-9-14(10-8-12)18-11-15-13(2)5-4-6-16(15)17-3/h4-10H,11H2,1-3H3. The molecule has 0 spiro atoms. The fourth-order valence-corrected chi connectivity index (χ4v) is 2.85. The molecule has 94 valence electrons. The second-order valence-corrected chi connectivity index (χ2v) is 5.41. The van der Waals surface area contributed by atoms with E-state index < -0.39 is 0 Å². The first kappa shape index (κ1) is 13.0. The van der Waals surface area contributed by atoms with E-state index in [1.807, 2.05) is 23.9 Å². The van der Waals surface area contributed by atoms with Gasteiger partial charge in [-0.2, -0.15) is 0 Å². The predicted octanol–water partition coefficient (Wildman–Crippen LogP) is 4.60. The molecule has 0 unspecified atom stereocenters. The first-order chi connectivity index (χ1) is 8.70. The molecule has 2 aromatic carbocycles. The Morgan fingerprint density at radius 1 is 1.00 bits per heavy atom. The number of hydrogen-bond donors (Lipinski definition) is 0. The van der Waals surface area contributed by atoms with Crippen molar-refractivity contribution in [1.82, 2.24) is 0 Å². The van der Waals surface area contributed by atoms with Crippen LogP contribution in [0.25, 0.3) is 0 Å². The zero-order valence-corrected chi connectivity index (χ0v) is 11.9. The quantitative estimate of drug-likeness (QED) is 0.741. The highest BCUT2D eigenvalue weighted by molar-refractivity contribution is 7.98. The molecule has 0 aliphatic heterocycles. The molecule has 2 heteroatoms. The van der Waals surface area contributed by atoms with E-state index in [2.05, 4.69) is 44.2 Å². The molecule has 0 N–H and O–H groups in total. The van der Waals surface area contributed by atoms with Crippen molar-refractivity contribution < 1.29 is 4.74 Å². The highest BCUT2D eigenvalue weighted by Crippen LogP contribution is 2.30. The van der Waals surface area contributed by atoms with Crippen LogP contribution in [0.3, 0.4) is 0 Å². The van der Waals surface area contributed by atoms with E-state index in [4.69, 9.17) is 4.74 Å². The van der Waals surface area contributed by atoms with Crippen LogP contribution in [-0.4, -0.2) is 7.11 Å². The van der Waals surface area contributed by atoms with Crippen molar-refractivity contribution in [3.8, 4) is 5.75 Å². The molecule has 0 saturated heterocycles. The van der Waals surface area contributed by atoms with Gasteiger partial charge in [0.25, 0.3) is 0 Å². The van der Waals surface area contributed by atoms with E-state index in [0.717, 1.165) is 11.5 Å². The Morgan fingerprint density at radius 3 is 2.39 bits per heavy atom. The second-order valence-electron chi connectivity index (χ2n) is 4.36. The minimum Gasteiger partial charge on any atom is -0.496 e. The third kappa shape index (κ3) is 3.08. The number of benzene rings is 2. The SMILES string of the molecule is COc1cccc(C)c1CSc1ccc(C)cc1. The van der Waals surface area contributed by atoms with Crippen molar-refractivity contribution in [1.29, 1.82) is 0 Å². The van der Waals surface area contributed by atoms with Crippen LogP contribution < -0.4 is 4.74 Å². The van der Waals surface area contributed by atoms with Gasteiger partial charge >= 0.3 is 0 Å². The largest absolute Gasteiger partial charge is 0.496 e. The number of thioether (sulfide) groups is 1. The molecule has 1 nitrogen and oxygen atoms in total. The van der Waals surface area contributed by atoms with Crippen LogP contribution in [0.5, 0.6) is 5.75 Å². The molecule has 0 aliphatic carbocycles. The van der Waals surface area contributed by atoms with Crippen LogP contribution in [-0.2, 0) is 5.75 Å². The van der Waals surface area contributed by atoms with Gasteiger partial charge in [-0.05, 0) is 37.6 Å². The Kier molecular flexibility index (Phi) is 4.32. The topological polar surface area (TPSA) is 9.23 Å². The first-order valence-electron chi connectivity index (χ1n) is 6.02. The zero-order chi connectivity index (χ0) is 13.0. The summed E-state index contributed by atoms with van der Waals surface area (Å²) in [6, 6.07) is 14.8. The summed E-state index contributed by atoms with van der Waals surface area (Å²) in [5, 5.41) is 0. The predicted molar refractivity (Wildman–Crippen MR) is 78.5 cm³/mol. The molecule has 0 amide bonds. The summed E-state index contributed by atoms with van der Waals surface area (Å²) in [4.78, 5) is 1.30. The fraction of sp³-hybridized carbons (Fsp3) is 0.250. The molecule has 0 radical (unpaired) electrons. The van der Waals surface area contributed by atoms with Crippen molar-refractivity contribution in [3.05, 3.63) is 59.2 Å². The number of rotatable bonds is 4. The monoisotopic (exact) mass is 258 g/mol. The maximum Gasteiger partial charge on any atom is 0.123 e. The van der Waals surface area contributed by atoms with Gasteiger partial charge in [-0.1, -0.05) is 29.8 Å². The van der Waals surface area contributed by atoms with Crippen molar-refractivity contribution in [3.63, 3.8) is 0 Å². The van der Waals surface area contributed by atoms with Crippen LogP contribution in [0, 0.1) is 13.8 Å². The third-order valence-electron chi connectivity index (χ3n) is 2.99. The normalized spacial score (nSPS) is 10.4. The number of methoxy groups -OCH3 is 1. The maximum atomic E-state index is 5.42. The van der Waals surface area contributed by atoms with Crippen molar-refractivity contribution in [2.45, 2.75) is 24.5 Å². The second kappa shape index (κ2) is 5.96. The Labute approximate surface area is 113 Å². The lowest BCUT2D eigenvalue weighted by atomic mass is 10.1. The van der Waals surface area contributed by atoms with Crippen LogP contribution >= 0.6 is 11.8 Å². The lowest BCUT2D eigenvalue weighted by molar-refractivity contribution is 0.411. The molecule has 0 atom stereocenters. The number of aryl methyl sites for hydroxylation is 2. The van der Waals surface area contributed by atoms with Gasteiger partial charge in [0.15, 0.2) is 0 Å². The summed E-state index contributed by atoms with van der Waals surface area (Å²) in [5.41, 5.74) is 3.87. The highest BCUT2D eigenvalue weighted by atomic mass is 32.2. The van der Waals surface area contributed by atoms with E-state index in [1.54, 1.807) is 7.11 Å². The van der Waals surface area contributed by atoms with Crippen LogP contribution in [0.1, 0.15) is 16.7 Å². The van der Waals surface area contributed by atoms with Crippen LogP contribution in [0.2, 0.25) is 0 Å². The van der Waals surface area contributed by atoms with Crippen molar-refractivity contribution in [2.24, 2.45) is 0 Å². The average Bonchev–Trinajstić information content (AvgIpc) is 2.39. The van der Waals surface area contributed by atoms with Gasteiger partial charge in [0.05, 0.1) is 7.11 Å². The Balaban J connectivity index is 2.12. The molecular formula is C16H18OS. The summed E-state index contributed by atoms with van der Waals surface area (Å²) in [6.45, 7) is 4.24. The minimum absolute atomic E-state index is 0.943. The van der Waals surface area contributed by atoms with Gasteiger partial charge < -0.3 is 4.74 Å². The molecule has 0 aromatic heterocycles. The van der Waals surface area contributed by atoms with Gasteiger partial charge in [-0.25, -0.2) is 0 Å². The molecule has 18 heavy (non-hydrogen) atoms. The van der Waals surface area contributed by atoms with E-state index >= 15 is 0 Å². The summed E-state index contributed by atoms with van der Waals surface area (Å²) < 4.78 is 5.42. The van der Waals surface area contributed by atoms with E-state index in [-0.39, 0.29) is 0 Å².